The normalized spacial score (nSPS) is 11.4. The molecule has 1 aromatic rings. The number of carbonyl (C=O) groups is 1. The Balaban J connectivity index is 2.38. The SMILES string of the molecule is CCC(CC)CNC(=NC)NCCc1ccc(C(=O)OC)cc1. The van der Waals surface area contributed by atoms with Crippen molar-refractivity contribution in [2.24, 2.45) is 10.9 Å². The molecule has 2 N–H and O–H groups in total. The number of methoxy groups -OCH3 is 1. The van der Waals surface area contributed by atoms with Crippen molar-refractivity contribution in [1.82, 2.24) is 10.6 Å². The third-order valence-corrected chi connectivity index (χ3v) is 4.02. The lowest BCUT2D eigenvalue weighted by atomic mass is 10.0. The van der Waals surface area contributed by atoms with Crippen LogP contribution in [-0.2, 0) is 11.2 Å². The Morgan fingerprint density at radius 2 is 1.83 bits per heavy atom. The Bertz CT molecular complexity index is 493. The van der Waals surface area contributed by atoms with Crippen LogP contribution in [0.1, 0.15) is 42.6 Å². The molecule has 0 saturated heterocycles. The van der Waals surface area contributed by atoms with E-state index in [0.29, 0.717) is 11.5 Å². The highest BCUT2D eigenvalue weighted by atomic mass is 16.5. The summed E-state index contributed by atoms with van der Waals surface area (Å²) in [5, 5.41) is 6.68. The molecule has 0 aliphatic rings. The van der Waals surface area contributed by atoms with Crippen LogP contribution in [-0.4, -0.2) is 39.2 Å². The van der Waals surface area contributed by atoms with Gasteiger partial charge >= 0.3 is 5.97 Å². The van der Waals surface area contributed by atoms with Crippen LogP contribution in [0.3, 0.4) is 0 Å². The highest BCUT2D eigenvalue weighted by Gasteiger charge is 2.06. The van der Waals surface area contributed by atoms with Crippen LogP contribution in [0.15, 0.2) is 29.3 Å². The van der Waals surface area contributed by atoms with Crippen molar-refractivity contribution in [2.75, 3.05) is 27.2 Å². The minimum absolute atomic E-state index is 0.305. The van der Waals surface area contributed by atoms with Gasteiger partial charge in [0.15, 0.2) is 5.96 Å². The summed E-state index contributed by atoms with van der Waals surface area (Å²) in [6.07, 6.45) is 3.22. The highest BCUT2D eigenvalue weighted by Crippen LogP contribution is 2.06. The van der Waals surface area contributed by atoms with Crippen molar-refractivity contribution in [2.45, 2.75) is 33.1 Å². The van der Waals surface area contributed by atoms with E-state index in [0.717, 1.165) is 25.5 Å². The standard InChI is InChI=1S/C18H29N3O2/c1-5-14(6-2)13-21-18(19-3)20-12-11-15-7-9-16(10-8-15)17(22)23-4/h7-10,14H,5-6,11-13H2,1-4H3,(H2,19,20,21). The Morgan fingerprint density at radius 1 is 1.17 bits per heavy atom. The molecule has 0 saturated carbocycles. The fourth-order valence-electron chi connectivity index (χ4n) is 2.29. The van der Waals surface area contributed by atoms with Crippen molar-refractivity contribution in [3.05, 3.63) is 35.4 Å². The van der Waals surface area contributed by atoms with Crippen molar-refractivity contribution >= 4 is 11.9 Å². The van der Waals surface area contributed by atoms with Gasteiger partial charge in [0.2, 0.25) is 0 Å². The van der Waals surface area contributed by atoms with Crippen LogP contribution in [0.25, 0.3) is 0 Å². The molecule has 0 spiro atoms. The van der Waals surface area contributed by atoms with Crippen LogP contribution in [0.2, 0.25) is 0 Å². The number of esters is 1. The number of benzene rings is 1. The van der Waals surface area contributed by atoms with E-state index in [1.54, 1.807) is 19.2 Å². The van der Waals surface area contributed by atoms with Gasteiger partial charge in [-0.25, -0.2) is 4.79 Å². The zero-order valence-electron chi connectivity index (χ0n) is 14.7. The third-order valence-electron chi connectivity index (χ3n) is 4.02. The van der Waals surface area contributed by atoms with Gasteiger partial charge in [-0.15, -0.1) is 0 Å². The number of guanidine groups is 1. The van der Waals surface area contributed by atoms with Gasteiger partial charge in [-0.3, -0.25) is 4.99 Å². The van der Waals surface area contributed by atoms with E-state index in [-0.39, 0.29) is 5.97 Å². The molecule has 1 rings (SSSR count). The van der Waals surface area contributed by atoms with E-state index in [1.807, 2.05) is 12.1 Å². The quantitative estimate of drug-likeness (QED) is 0.439. The molecule has 0 amide bonds. The number of carbonyl (C=O) groups excluding carboxylic acids is 1. The fourth-order valence-corrected chi connectivity index (χ4v) is 2.29. The maximum Gasteiger partial charge on any atom is 0.337 e. The molecule has 0 aliphatic carbocycles. The summed E-state index contributed by atoms with van der Waals surface area (Å²) < 4.78 is 4.69. The molecule has 5 nitrogen and oxygen atoms in total. The summed E-state index contributed by atoms with van der Waals surface area (Å²) in [7, 11) is 3.17. The molecule has 1 aromatic carbocycles. The summed E-state index contributed by atoms with van der Waals surface area (Å²) >= 11 is 0. The summed E-state index contributed by atoms with van der Waals surface area (Å²) in [6.45, 7) is 6.16. The summed E-state index contributed by atoms with van der Waals surface area (Å²) in [5.41, 5.74) is 1.74. The fraction of sp³-hybridized carbons (Fsp3) is 0.556. The van der Waals surface area contributed by atoms with Gasteiger partial charge in [-0.1, -0.05) is 38.8 Å². The zero-order valence-corrected chi connectivity index (χ0v) is 14.7. The minimum atomic E-state index is -0.305. The highest BCUT2D eigenvalue weighted by molar-refractivity contribution is 5.89. The average molecular weight is 319 g/mol. The molecule has 0 unspecified atom stereocenters. The molecule has 23 heavy (non-hydrogen) atoms. The van der Waals surface area contributed by atoms with Gasteiger partial charge in [-0.05, 0) is 30.0 Å². The van der Waals surface area contributed by atoms with Crippen LogP contribution in [0.4, 0.5) is 0 Å². The molecule has 0 heterocycles. The molecule has 0 fully saturated rings. The number of rotatable bonds is 8. The van der Waals surface area contributed by atoms with Crippen molar-refractivity contribution in [3.8, 4) is 0 Å². The molecule has 5 heteroatoms. The van der Waals surface area contributed by atoms with E-state index < -0.39 is 0 Å². The van der Waals surface area contributed by atoms with Crippen molar-refractivity contribution < 1.29 is 9.53 Å². The first-order valence-electron chi connectivity index (χ1n) is 8.26. The van der Waals surface area contributed by atoms with Gasteiger partial charge in [-0.2, -0.15) is 0 Å². The monoisotopic (exact) mass is 319 g/mol. The maximum atomic E-state index is 11.4. The number of hydrogen-bond acceptors (Lipinski definition) is 3. The van der Waals surface area contributed by atoms with E-state index in [4.69, 9.17) is 4.74 Å². The first-order chi connectivity index (χ1) is 11.1. The first-order valence-corrected chi connectivity index (χ1v) is 8.26. The molecule has 0 atom stereocenters. The van der Waals surface area contributed by atoms with E-state index >= 15 is 0 Å². The minimum Gasteiger partial charge on any atom is -0.465 e. The summed E-state index contributed by atoms with van der Waals surface area (Å²) in [6, 6.07) is 7.49. The second-order valence-corrected chi connectivity index (χ2v) is 5.50. The van der Waals surface area contributed by atoms with E-state index in [2.05, 4.69) is 29.5 Å². The van der Waals surface area contributed by atoms with Crippen LogP contribution < -0.4 is 10.6 Å². The van der Waals surface area contributed by atoms with Gasteiger partial charge < -0.3 is 15.4 Å². The smallest absolute Gasteiger partial charge is 0.337 e. The topological polar surface area (TPSA) is 62.7 Å². The molecular weight excluding hydrogens is 290 g/mol. The largest absolute Gasteiger partial charge is 0.465 e. The predicted octanol–water partition coefficient (Wildman–Crippen LogP) is 2.62. The van der Waals surface area contributed by atoms with Gasteiger partial charge in [0.05, 0.1) is 12.7 Å². The Morgan fingerprint density at radius 3 is 2.35 bits per heavy atom. The van der Waals surface area contributed by atoms with Crippen LogP contribution in [0.5, 0.6) is 0 Å². The lowest BCUT2D eigenvalue weighted by Gasteiger charge is -2.16. The Hall–Kier alpha value is -2.04. The van der Waals surface area contributed by atoms with E-state index in [1.165, 1.54) is 25.5 Å². The van der Waals surface area contributed by atoms with Crippen LogP contribution >= 0.6 is 0 Å². The number of nitrogens with zero attached hydrogens (tertiary/aromatic N) is 1. The third kappa shape index (κ3) is 6.72. The average Bonchev–Trinajstić information content (AvgIpc) is 2.60. The second kappa shape index (κ2) is 10.6. The summed E-state index contributed by atoms with van der Waals surface area (Å²) in [5.74, 6) is 1.21. The van der Waals surface area contributed by atoms with Crippen LogP contribution in [0, 0.1) is 5.92 Å². The lowest BCUT2D eigenvalue weighted by molar-refractivity contribution is 0.0600. The summed E-state index contributed by atoms with van der Waals surface area (Å²) in [4.78, 5) is 15.6. The van der Waals surface area contributed by atoms with Gasteiger partial charge in [0, 0.05) is 20.1 Å². The number of ether oxygens (including phenoxy) is 1. The number of hydrogen-bond donors (Lipinski definition) is 2. The predicted molar refractivity (Wildman–Crippen MR) is 94.9 cm³/mol. The second-order valence-electron chi connectivity index (χ2n) is 5.50. The van der Waals surface area contributed by atoms with E-state index in [9.17, 15) is 4.79 Å². The first kappa shape index (κ1) is 19.0. The number of nitrogens with one attached hydrogen (secondary N) is 2. The molecule has 0 aromatic heterocycles. The molecule has 0 aliphatic heterocycles. The van der Waals surface area contributed by atoms with Crippen molar-refractivity contribution in [3.63, 3.8) is 0 Å². The van der Waals surface area contributed by atoms with Crippen molar-refractivity contribution in [1.29, 1.82) is 0 Å². The molecular formula is C18H29N3O2. The van der Waals surface area contributed by atoms with Gasteiger partial charge in [0.25, 0.3) is 0 Å². The molecule has 0 bridgehead atoms. The zero-order chi connectivity index (χ0) is 17.1. The maximum absolute atomic E-state index is 11.4. The molecule has 0 radical (unpaired) electrons. The lowest BCUT2D eigenvalue weighted by Crippen LogP contribution is -2.40. The Kier molecular flexibility index (Phi) is 8.80. The van der Waals surface area contributed by atoms with Gasteiger partial charge in [0.1, 0.15) is 0 Å². The number of aliphatic imine (C=N–C) groups is 1. The Labute approximate surface area is 139 Å². The molecule has 128 valence electrons.